The summed E-state index contributed by atoms with van der Waals surface area (Å²) >= 11 is 0. The molecule has 0 N–H and O–H groups in total. The van der Waals surface area contributed by atoms with Crippen LogP contribution in [0, 0.1) is 40.9 Å². The zero-order chi connectivity index (χ0) is 39.6. The zero-order valence-corrected chi connectivity index (χ0v) is 35.6. The lowest BCUT2D eigenvalue weighted by atomic mass is 9.36. The van der Waals surface area contributed by atoms with Crippen molar-refractivity contribution >= 4 is 17.1 Å². The molecule has 0 aliphatic heterocycles. The van der Waals surface area contributed by atoms with Crippen molar-refractivity contribution in [2.75, 3.05) is 4.90 Å². The number of rotatable bonds is 4. The summed E-state index contributed by atoms with van der Waals surface area (Å²) < 4.78 is 0. The van der Waals surface area contributed by atoms with Crippen molar-refractivity contribution in [3.8, 4) is 33.4 Å². The van der Waals surface area contributed by atoms with E-state index in [4.69, 9.17) is 0 Å². The molecular weight excluding hydrogens is 711 g/mol. The molecule has 0 aromatic heterocycles. The molecule has 0 heterocycles. The second kappa shape index (κ2) is 10.5. The van der Waals surface area contributed by atoms with E-state index in [9.17, 15) is 0 Å². The van der Waals surface area contributed by atoms with Crippen LogP contribution < -0.4 is 4.90 Å². The minimum Gasteiger partial charge on any atom is -0.310 e. The fraction of sp³-hybridized carbons (Fsp3) is 0.379. The molecule has 59 heavy (non-hydrogen) atoms. The number of fused-ring (bicyclic) bond motifs is 14. The third-order valence-corrected chi connectivity index (χ3v) is 18.9. The average Bonchev–Trinajstić information content (AvgIpc) is 3.45. The monoisotopic (exact) mass is 765 g/mol. The van der Waals surface area contributed by atoms with Crippen LogP contribution in [0.25, 0.3) is 33.4 Å². The zero-order valence-electron chi connectivity index (χ0n) is 35.6. The van der Waals surface area contributed by atoms with Gasteiger partial charge in [-0.3, -0.25) is 0 Å². The van der Waals surface area contributed by atoms with Gasteiger partial charge in [-0.1, -0.05) is 139 Å². The number of anilines is 3. The van der Waals surface area contributed by atoms with Crippen LogP contribution >= 0.6 is 0 Å². The lowest BCUT2D eigenvalue weighted by Gasteiger charge is -2.66. The second-order valence-electron chi connectivity index (χ2n) is 22.3. The SMILES string of the molecule is CC1(C)CCC(C)(C)c2c(N(c3ccc4c(c3)C(C)(C)c3ccccc3-4)c3ccc4c(c3)C3(c5c(-c6ccccc6)cccc5-4)C4CC5CC46C4C(CC36)[C@H]54)cccc21. The van der Waals surface area contributed by atoms with Gasteiger partial charge < -0.3 is 4.90 Å². The predicted octanol–water partition coefficient (Wildman–Crippen LogP) is 14.7. The van der Waals surface area contributed by atoms with Crippen molar-refractivity contribution < 1.29 is 0 Å². The van der Waals surface area contributed by atoms with Gasteiger partial charge in [-0.05, 0) is 181 Å². The van der Waals surface area contributed by atoms with E-state index in [0.717, 1.165) is 35.5 Å². The van der Waals surface area contributed by atoms with Crippen LogP contribution in [0.2, 0.25) is 0 Å². The first-order chi connectivity index (χ1) is 28.5. The van der Waals surface area contributed by atoms with Gasteiger partial charge in [0.05, 0.1) is 5.69 Å². The van der Waals surface area contributed by atoms with E-state index in [1.54, 1.807) is 11.1 Å². The van der Waals surface area contributed by atoms with Gasteiger partial charge in [-0.2, -0.15) is 0 Å². The molecule has 2 spiro atoms. The predicted molar refractivity (Wildman–Crippen MR) is 243 cm³/mol. The molecule has 6 aromatic carbocycles. The van der Waals surface area contributed by atoms with Crippen LogP contribution in [0.3, 0.4) is 0 Å². The fourth-order valence-corrected chi connectivity index (χ4v) is 16.8. The number of benzene rings is 6. The lowest BCUT2D eigenvalue weighted by molar-refractivity contribution is -0.106. The van der Waals surface area contributed by atoms with Crippen molar-refractivity contribution in [3.05, 3.63) is 161 Å². The van der Waals surface area contributed by atoms with E-state index in [2.05, 4.69) is 174 Å². The van der Waals surface area contributed by atoms with Gasteiger partial charge in [-0.15, -0.1) is 0 Å². The van der Waals surface area contributed by atoms with Gasteiger partial charge in [0.15, 0.2) is 0 Å². The topological polar surface area (TPSA) is 3.24 Å². The molecular formula is C58H55N. The molecule has 0 amide bonds. The lowest BCUT2D eigenvalue weighted by Crippen LogP contribution is -2.64. The van der Waals surface area contributed by atoms with Crippen molar-refractivity contribution in [2.24, 2.45) is 40.9 Å². The Morgan fingerprint density at radius 3 is 1.95 bits per heavy atom. The first-order valence-electron chi connectivity index (χ1n) is 23.0. The van der Waals surface area contributed by atoms with Crippen LogP contribution in [0.5, 0.6) is 0 Å². The van der Waals surface area contributed by atoms with Crippen molar-refractivity contribution in [3.63, 3.8) is 0 Å². The van der Waals surface area contributed by atoms with E-state index in [0.29, 0.717) is 5.41 Å². The molecule has 8 aliphatic rings. The molecule has 0 saturated heterocycles. The Labute approximate surface area is 350 Å². The maximum atomic E-state index is 2.75. The molecule has 8 atom stereocenters. The Balaban J connectivity index is 1.03. The summed E-state index contributed by atoms with van der Waals surface area (Å²) in [5, 5.41) is 0. The third kappa shape index (κ3) is 3.76. The summed E-state index contributed by atoms with van der Waals surface area (Å²) in [5.74, 6) is 5.50. The Hall–Kier alpha value is -4.88. The molecule has 292 valence electrons. The summed E-state index contributed by atoms with van der Waals surface area (Å²) in [4.78, 5) is 2.72. The van der Waals surface area contributed by atoms with E-state index in [1.807, 2.05) is 0 Å². The largest absolute Gasteiger partial charge is 0.310 e. The first-order valence-corrected chi connectivity index (χ1v) is 23.0. The average molecular weight is 766 g/mol. The maximum Gasteiger partial charge on any atom is 0.0502 e. The van der Waals surface area contributed by atoms with Crippen molar-refractivity contribution in [2.45, 2.75) is 95.3 Å². The van der Waals surface area contributed by atoms with E-state index < -0.39 is 0 Å². The summed E-state index contributed by atoms with van der Waals surface area (Å²) in [5.41, 5.74) is 22.6. The summed E-state index contributed by atoms with van der Waals surface area (Å²) in [7, 11) is 0. The molecule has 8 aliphatic carbocycles. The molecule has 2 bridgehead atoms. The van der Waals surface area contributed by atoms with Gasteiger partial charge in [0.25, 0.3) is 0 Å². The number of nitrogens with zero attached hydrogens (tertiary/aromatic N) is 1. The first kappa shape index (κ1) is 33.9. The standard InChI is InChI=1S/C58H55N/c1-54(2)26-27-55(3,4)53-44(54)20-13-21-47(53)59(35-22-24-39-38-16-10-11-19-43(38)56(5,6)45(39)29-35)36-23-25-40-41-18-12-17-37(33-14-8-7-9-15-33)51(41)58(46(40)30-36)48-28-34-32-57(48)49(58)31-42-50(34)52(42)57/h7-25,29-30,34,42,48-50,52H,26-28,31-32H2,1-6H3/t34?,42?,48?,49?,50-,52?,57?,58?/m0/s1. The highest BCUT2D eigenvalue weighted by molar-refractivity contribution is 5.93. The molecule has 6 aromatic rings. The normalized spacial score (nSPS) is 32.4. The number of hydrogen-bond acceptors (Lipinski definition) is 1. The van der Waals surface area contributed by atoms with Gasteiger partial charge in [0.1, 0.15) is 0 Å². The summed E-state index contributed by atoms with van der Waals surface area (Å²) in [6.45, 7) is 14.8. The maximum absolute atomic E-state index is 2.75. The smallest absolute Gasteiger partial charge is 0.0502 e. The number of hydrogen-bond donors (Lipinski definition) is 0. The second-order valence-corrected chi connectivity index (χ2v) is 22.3. The minimum absolute atomic E-state index is 0.0511. The van der Waals surface area contributed by atoms with Gasteiger partial charge >= 0.3 is 0 Å². The highest BCUT2D eigenvalue weighted by Crippen LogP contribution is 2.96. The van der Waals surface area contributed by atoms with Gasteiger partial charge in [-0.25, -0.2) is 0 Å². The highest BCUT2D eigenvalue weighted by Gasteiger charge is 2.91. The molecule has 1 heteroatoms. The van der Waals surface area contributed by atoms with Crippen molar-refractivity contribution in [1.29, 1.82) is 0 Å². The van der Waals surface area contributed by atoms with Crippen LogP contribution in [-0.4, -0.2) is 0 Å². The van der Waals surface area contributed by atoms with Gasteiger partial charge in [0, 0.05) is 22.2 Å². The van der Waals surface area contributed by atoms with E-state index in [1.165, 1.54) is 105 Å². The minimum atomic E-state index is -0.0777. The molecule has 14 rings (SSSR count). The Bertz CT molecular complexity index is 2840. The van der Waals surface area contributed by atoms with Crippen LogP contribution in [0.4, 0.5) is 17.1 Å². The fourth-order valence-electron chi connectivity index (χ4n) is 16.8. The highest BCUT2D eigenvalue weighted by atomic mass is 15.1. The summed E-state index contributed by atoms with van der Waals surface area (Å²) in [6, 6.07) is 50.4. The molecule has 0 radical (unpaired) electrons. The van der Waals surface area contributed by atoms with Crippen LogP contribution in [0.1, 0.15) is 107 Å². The van der Waals surface area contributed by atoms with E-state index in [-0.39, 0.29) is 21.7 Å². The third-order valence-electron chi connectivity index (χ3n) is 18.9. The Kier molecular flexibility index (Phi) is 6.04. The van der Waals surface area contributed by atoms with Crippen molar-refractivity contribution in [1.82, 2.24) is 0 Å². The van der Waals surface area contributed by atoms with Crippen LogP contribution in [0.15, 0.2) is 127 Å². The Morgan fingerprint density at radius 1 is 0.508 bits per heavy atom. The summed E-state index contributed by atoms with van der Waals surface area (Å²) in [6.07, 6.45) is 6.77. The molecule has 5 fully saturated rings. The van der Waals surface area contributed by atoms with Crippen LogP contribution in [-0.2, 0) is 21.7 Å². The molecule has 5 saturated carbocycles. The quantitative estimate of drug-likeness (QED) is 0.173. The molecule has 1 nitrogen and oxygen atoms in total. The Morgan fingerprint density at radius 2 is 1.14 bits per heavy atom. The van der Waals surface area contributed by atoms with E-state index >= 15 is 0 Å². The van der Waals surface area contributed by atoms with Gasteiger partial charge in [0.2, 0.25) is 0 Å². The molecule has 7 unspecified atom stereocenters.